The van der Waals surface area contributed by atoms with Gasteiger partial charge in [0.25, 0.3) is 5.91 Å². The summed E-state index contributed by atoms with van der Waals surface area (Å²) in [4.78, 5) is 26.4. The fourth-order valence-electron chi connectivity index (χ4n) is 2.45. The van der Waals surface area contributed by atoms with Gasteiger partial charge in [0.05, 0.1) is 0 Å². The van der Waals surface area contributed by atoms with Crippen LogP contribution in [0.25, 0.3) is 0 Å². The highest BCUT2D eigenvalue weighted by molar-refractivity contribution is 5.93. The van der Waals surface area contributed by atoms with Crippen molar-refractivity contribution >= 4 is 11.7 Å². The van der Waals surface area contributed by atoms with E-state index in [-0.39, 0.29) is 24.0 Å². The number of nitro groups is 1. The minimum Gasteiger partial charge on any atom is -0.396 e. The number of aromatic nitrogens is 1. The Hall–Kier alpha value is -1.89. The number of rotatable bonds is 4. The Labute approximate surface area is 110 Å². The molecule has 19 heavy (non-hydrogen) atoms. The van der Waals surface area contributed by atoms with Crippen molar-refractivity contribution in [2.45, 2.75) is 19.3 Å². The third-order valence-electron chi connectivity index (χ3n) is 3.44. The third-order valence-corrected chi connectivity index (χ3v) is 3.44. The molecule has 7 nitrogen and oxygen atoms in total. The number of carbonyl (C=O) groups excluding carboxylic acids is 1. The zero-order chi connectivity index (χ0) is 13.8. The minimum atomic E-state index is -0.554. The molecule has 1 unspecified atom stereocenters. The predicted octanol–water partition coefficient (Wildman–Crippen LogP) is 1.16. The van der Waals surface area contributed by atoms with Crippen molar-refractivity contribution < 1.29 is 14.8 Å². The SMILES string of the molecule is O=C(c1ccc([N+](=O)[O-])[nH]1)N1CCCC(CCO)C1. The van der Waals surface area contributed by atoms with Gasteiger partial charge in [-0.25, -0.2) is 4.98 Å². The largest absolute Gasteiger partial charge is 0.396 e. The quantitative estimate of drug-likeness (QED) is 0.631. The Balaban J connectivity index is 2.03. The van der Waals surface area contributed by atoms with Gasteiger partial charge in [-0.15, -0.1) is 0 Å². The number of H-pyrrole nitrogens is 1. The highest BCUT2D eigenvalue weighted by Crippen LogP contribution is 2.21. The minimum absolute atomic E-state index is 0.126. The molecule has 1 aliphatic heterocycles. The van der Waals surface area contributed by atoms with Gasteiger partial charge in [-0.2, -0.15) is 0 Å². The summed E-state index contributed by atoms with van der Waals surface area (Å²) in [6, 6.07) is 2.73. The van der Waals surface area contributed by atoms with Crippen molar-refractivity contribution in [2.75, 3.05) is 19.7 Å². The fraction of sp³-hybridized carbons (Fsp3) is 0.583. The van der Waals surface area contributed by atoms with Crippen molar-refractivity contribution in [1.29, 1.82) is 0 Å². The molecule has 0 bridgehead atoms. The predicted molar refractivity (Wildman–Crippen MR) is 67.8 cm³/mol. The molecule has 1 saturated heterocycles. The molecule has 1 atom stereocenters. The van der Waals surface area contributed by atoms with E-state index >= 15 is 0 Å². The molecular formula is C12H17N3O4. The molecule has 2 rings (SSSR count). The van der Waals surface area contributed by atoms with Gasteiger partial charge in [0.1, 0.15) is 0 Å². The Kier molecular flexibility index (Phi) is 4.16. The number of piperidine rings is 1. The highest BCUT2D eigenvalue weighted by Gasteiger charge is 2.26. The van der Waals surface area contributed by atoms with E-state index in [4.69, 9.17) is 5.11 Å². The molecule has 1 fully saturated rings. The molecule has 1 amide bonds. The van der Waals surface area contributed by atoms with E-state index in [0.717, 1.165) is 12.8 Å². The van der Waals surface area contributed by atoms with Crippen LogP contribution in [-0.2, 0) is 0 Å². The normalized spacial score (nSPS) is 19.4. The summed E-state index contributed by atoms with van der Waals surface area (Å²) in [5.41, 5.74) is 0.247. The van der Waals surface area contributed by atoms with Gasteiger partial charge < -0.3 is 20.1 Å². The Bertz CT molecular complexity index is 469. The topological polar surface area (TPSA) is 99.5 Å². The van der Waals surface area contributed by atoms with Crippen LogP contribution in [-0.4, -0.2) is 45.5 Å². The summed E-state index contributed by atoms with van der Waals surface area (Å²) in [7, 11) is 0. The number of hydrogen-bond acceptors (Lipinski definition) is 4. The Morgan fingerprint density at radius 2 is 2.37 bits per heavy atom. The molecule has 0 spiro atoms. The number of aliphatic hydroxyl groups excluding tert-OH is 1. The van der Waals surface area contributed by atoms with Crippen LogP contribution in [0.3, 0.4) is 0 Å². The van der Waals surface area contributed by atoms with E-state index in [2.05, 4.69) is 4.98 Å². The number of carbonyl (C=O) groups is 1. The molecule has 1 aromatic rings. The highest BCUT2D eigenvalue weighted by atomic mass is 16.6. The van der Waals surface area contributed by atoms with E-state index in [0.29, 0.717) is 25.4 Å². The Morgan fingerprint density at radius 1 is 1.58 bits per heavy atom. The summed E-state index contributed by atoms with van der Waals surface area (Å²) in [6.07, 6.45) is 2.60. The number of likely N-dealkylation sites (tertiary alicyclic amines) is 1. The molecule has 0 radical (unpaired) electrons. The summed E-state index contributed by atoms with van der Waals surface area (Å²) < 4.78 is 0. The zero-order valence-electron chi connectivity index (χ0n) is 10.5. The monoisotopic (exact) mass is 267 g/mol. The van der Waals surface area contributed by atoms with Gasteiger partial charge in [-0.05, 0) is 36.2 Å². The standard InChI is InChI=1S/C12H17N3O4/c16-7-5-9-2-1-6-14(8-9)12(17)10-3-4-11(13-10)15(18)19/h3-4,9,13,16H,1-2,5-8H2. The number of aromatic amines is 1. The molecule has 0 aliphatic carbocycles. The van der Waals surface area contributed by atoms with Crippen LogP contribution < -0.4 is 0 Å². The smallest absolute Gasteiger partial charge is 0.321 e. The summed E-state index contributed by atoms with van der Waals surface area (Å²) in [5.74, 6) is -0.0735. The number of nitrogens with zero attached hydrogens (tertiary/aromatic N) is 2. The summed E-state index contributed by atoms with van der Waals surface area (Å²) in [5, 5.41) is 19.5. The van der Waals surface area contributed by atoms with Crippen molar-refractivity contribution in [1.82, 2.24) is 9.88 Å². The van der Waals surface area contributed by atoms with Crippen molar-refractivity contribution in [2.24, 2.45) is 5.92 Å². The number of hydrogen-bond donors (Lipinski definition) is 2. The zero-order valence-corrected chi connectivity index (χ0v) is 10.5. The molecule has 2 N–H and O–H groups in total. The lowest BCUT2D eigenvalue weighted by Gasteiger charge is -2.31. The van der Waals surface area contributed by atoms with Gasteiger partial charge in [0, 0.05) is 25.8 Å². The summed E-state index contributed by atoms with van der Waals surface area (Å²) >= 11 is 0. The van der Waals surface area contributed by atoms with Crippen molar-refractivity contribution in [3.8, 4) is 0 Å². The first-order valence-electron chi connectivity index (χ1n) is 6.35. The second-order valence-corrected chi connectivity index (χ2v) is 4.79. The second kappa shape index (κ2) is 5.83. The van der Waals surface area contributed by atoms with Crippen LogP contribution >= 0.6 is 0 Å². The fourth-order valence-corrected chi connectivity index (χ4v) is 2.45. The first-order valence-corrected chi connectivity index (χ1v) is 6.35. The van der Waals surface area contributed by atoms with Crippen LogP contribution in [0.2, 0.25) is 0 Å². The number of aliphatic hydroxyl groups is 1. The molecule has 104 valence electrons. The van der Waals surface area contributed by atoms with Crippen LogP contribution in [0, 0.1) is 16.0 Å². The van der Waals surface area contributed by atoms with Gasteiger partial charge in [0.2, 0.25) is 0 Å². The average molecular weight is 267 g/mol. The Morgan fingerprint density at radius 3 is 3.00 bits per heavy atom. The van der Waals surface area contributed by atoms with Crippen LogP contribution in [0.15, 0.2) is 12.1 Å². The first-order chi connectivity index (χ1) is 9.11. The van der Waals surface area contributed by atoms with E-state index in [1.54, 1.807) is 4.90 Å². The first kappa shape index (κ1) is 13.5. The molecular weight excluding hydrogens is 250 g/mol. The molecule has 1 aliphatic rings. The van der Waals surface area contributed by atoms with E-state index in [1.807, 2.05) is 0 Å². The maximum Gasteiger partial charge on any atom is 0.321 e. The van der Waals surface area contributed by atoms with E-state index < -0.39 is 4.92 Å². The van der Waals surface area contributed by atoms with Gasteiger partial charge in [-0.1, -0.05) is 0 Å². The number of amides is 1. The van der Waals surface area contributed by atoms with Crippen molar-refractivity contribution in [3.63, 3.8) is 0 Å². The van der Waals surface area contributed by atoms with Gasteiger partial charge >= 0.3 is 5.82 Å². The second-order valence-electron chi connectivity index (χ2n) is 4.79. The number of nitrogens with one attached hydrogen (secondary N) is 1. The lowest BCUT2D eigenvalue weighted by Crippen LogP contribution is -2.40. The summed E-state index contributed by atoms with van der Waals surface area (Å²) in [6.45, 7) is 1.39. The van der Waals surface area contributed by atoms with Crippen molar-refractivity contribution in [3.05, 3.63) is 27.9 Å². The maximum absolute atomic E-state index is 12.2. The average Bonchev–Trinajstić information content (AvgIpc) is 2.88. The van der Waals surface area contributed by atoms with Gasteiger partial charge in [-0.3, -0.25) is 4.79 Å². The third kappa shape index (κ3) is 3.11. The molecule has 7 heteroatoms. The lowest BCUT2D eigenvalue weighted by atomic mass is 9.95. The van der Waals surface area contributed by atoms with Gasteiger partial charge in [0.15, 0.2) is 5.69 Å². The van der Waals surface area contributed by atoms with E-state index in [1.165, 1.54) is 12.1 Å². The lowest BCUT2D eigenvalue weighted by molar-refractivity contribution is -0.389. The molecule has 0 aromatic carbocycles. The van der Waals surface area contributed by atoms with Crippen LogP contribution in [0.1, 0.15) is 29.8 Å². The maximum atomic E-state index is 12.2. The molecule has 2 heterocycles. The van der Waals surface area contributed by atoms with Crippen LogP contribution in [0.5, 0.6) is 0 Å². The molecule has 0 saturated carbocycles. The van der Waals surface area contributed by atoms with E-state index in [9.17, 15) is 14.9 Å². The molecule has 1 aromatic heterocycles. The van der Waals surface area contributed by atoms with Crippen LogP contribution in [0.4, 0.5) is 5.82 Å².